The van der Waals surface area contributed by atoms with Crippen molar-refractivity contribution >= 4 is 12.0 Å². The number of aliphatic imine (C=N–C) groups is 1. The molecule has 4 heteroatoms. The molecule has 0 aliphatic heterocycles. The first-order valence-electron chi connectivity index (χ1n) is 7.02. The van der Waals surface area contributed by atoms with E-state index in [1.54, 1.807) is 0 Å². The molecule has 1 rings (SSSR count). The van der Waals surface area contributed by atoms with Crippen LogP contribution in [0, 0.1) is 0 Å². The second kappa shape index (κ2) is 10.4. The van der Waals surface area contributed by atoms with Crippen LogP contribution < -0.4 is 10.2 Å². The van der Waals surface area contributed by atoms with E-state index in [0.29, 0.717) is 0 Å². The zero-order valence-electron chi connectivity index (χ0n) is 11.6. The number of hydrogen-bond donors (Lipinski definition) is 2. The number of hydroxylamine groups is 1. The van der Waals surface area contributed by atoms with E-state index in [1.165, 1.54) is 38.4 Å². The van der Waals surface area contributed by atoms with Gasteiger partial charge in [-0.05, 0) is 30.7 Å². The Kier molecular flexibility index (Phi) is 8.47. The van der Waals surface area contributed by atoms with Crippen molar-refractivity contribution in [1.82, 2.24) is 5.48 Å². The van der Waals surface area contributed by atoms with Gasteiger partial charge in [-0.15, -0.1) is 0 Å². The molecule has 2 N–H and O–H groups in total. The molecule has 0 heterocycles. The molecule has 0 saturated carbocycles. The molecule has 1 aromatic rings. The van der Waals surface area contributed by atoms with Crippen molar-refractivity contribution in [2.75, 3.05) is 6.61 Å². The third-order valence-corrected chi connectivity index (χ3v) is 2.87. The monoisotopic (exact) mass is 264 g/mol. The Morgan fingerprint density at radius 2 is 1.79 bits per heavy atom. The van der Waals surface area contributed by atoms with Gasteiger partial charge in [-0.2, -0.15) is 0 Å². The molecule has 0 aromatic heterocycles. The molecule has 0 aliphatic rings. The maximum atomic E-state index is 8.38. The Bertz CT molecular complexity index is 350. The molecule has 0 fully saturated rings. The molecule has 19 heavy (non-hydrogen) atoms. The number of hydrogen-bond acceptors (Lipinski definition) is 3. The first-order chi connectivity index (χ1) is 9.36. The van der Waals surface area contributed by atoms with Gasteiger partial charge >= 0.3 is 0 Å². The standard InChI is InChI=1S/C15H24N2O2/c1-2-3-4-5-6-7-12-19-15-10-8-14(9-11-15)16-13-17-18/h8-11,13,18H,2-7,12H2,1H3,(H,16,17). The third-order valence-electron chi connectivity index (χ3n) is 2.87. The van der Waals surface area contributed by atoms with E-state index in [1.807, 2.05) is 29.7 Å². The van der Waals surface area contributed by atoms with E-state index in [9.17, 15) is 0 Å². The van der Waals surface area contributed by atoms with Gasteiger partial charge < -0.3 is 4.74 Å². The van der Waals surface area contributed by atoms with Gasteiger partial charge in [0.25, 0.3) is 0 Å². The molecule has 0 aliphatic carbocycles. The predicted molar refractivity (Wildman–Crippen MR) is 78.4 cm³/mol. The highest BCUT2D eigenvalue weighted by Crippen LogP contribution is 2.18. The normalized spacial score (nSPS) is 10.8. The van der Waals surface area contributed by atoms with Crippen molar-refractivity contribution in [2.24, 2.45) is 4.99 Å². The van der Waals surface area contributed by atoms with Crippen molar-refractivity contribution in [3.63, 3.8) is 0 Å². The molecule has 0 amide bonds. The number of ether oxygens (including phenoxy) is 1. The van der Waals surface area contributed by atoms with Gasteiger partial charge in [0.1, 0.15) is 12.1 Å². The highest BCUT2D eigenvalue weighted by molar-refractivity contribution is 5.59. The molecule has 0 radical (unpaired) electrons. The Labute approximate surface area is 115 Å². The molecule has 106 valence electrons. The lowest BCUT2D eigenvalue weighted by Gasteiger charge is -2.06. The molecule has 0 saturated heterocycles. The predicted octanol–water partition coefficient (Wildman–Crippen LogP) is 4.06. The van der Waals surface area contributed by atoms with Gasteiger partial charge in [-0.25, -0.2) is 4.99 Å². The molecule has 0 spiro atoms. The molecule has 0 unspecified atom stereocenters. The first-order valence-corrected chi connectivity index (χ1v) is 7.02. The number of rotatable bonds is 10. The minimum absolute atomic E-state index is 0.771. The minimum Gasteiger partial charge on any atom is -0.494 e. The highest BCUT2D eigenvalue weighted by Gasteiger charge is 1.95. The van der Waals surface area contributed by atoms with Crippen LogP contribution in [0.3, 0.4) is 0 Å². The molecule has 4 nitrogen and oxygen atoms in total. The second-order valence-electron chi connectivity index (χ2n) is 4.50. The number of nitrogens with one attached hydrogen (secondary N) is 1. The van der Waals surface area contributed by atoms with Crippen LogP contribution in [0.5, 0.6) is 5.75 Å². The van der Waals surface area contributed by atoms with E-state index in [0.717, 1.165) is 24.5 Å². The SMILES string of the molecule is CCCCCCCCOc1ccc(N=CNO)cc1. The highest BCUT2D eigenvalue weighted by atomic mass is 16.5. The topological polar surface area (TPSA) is 53.8 Å². The minimum atomic E-state index is 0.771. The van der Waals surface area contributed by atoms with Gasteiger partial charge in [-0.3, -0.25) is 10.7 Å². The van der Waals surface area contributed by atoms with Gasteiger partial charge in [0, 0.05) is 0 Å². The summed E-state index contributed by atoms with van der Waals surface area (Å²) in [5.74, 6) is 0.865. The fourth-order valence-corrected chi connectivity index (χ4v) is 1.80. The Balaban J connectivity index is 2.14. The van der Waals surface area contributed by atoms with Crippen LogP contribution in [0.4, 0.5) is 5.69 Å². The molecular formula is C15H24N2O2. The third kappa shape index (κ3) is 7.47. The van der Waals surface area contributed by atoms with Gasteiger partial charge in [0.2, 0.25) is 0 Å². The summed E-state index contributed by atoms with van der Waals surface area (Å²) in [6.07, 6.45) is 8.85. The van der Waals surface area contributed by atoms with E-state index in [2.05, 4.69) is 11.9 Å². The van der Waals surface area contributed by atoms with Gasteiger partial charge in [0.05, 0.1) is 12.3 Å². The summed E-state index contributed by atoms with van der Waals surface area (Å²) in [7, 11) is 0. The lowest BCUT2D eigenvalue weighted by Crippen LogP contribution is -2.00. The molecule has 0 atom stereocenters. The first kappa shape index (κ1) is 15.5. The van der Waals surface area contributed by atoms with Crippen LogP contribution in [0.1, 0.15) is 45.4 Å². The Morgan fingerprint density at radius 1 is 1.11 bits per heavy atom. The van der Waals surface area contributed by atoms with Crippen molar-refractivity contribution in [1.29, 1.82) is 0 Å². The smallest absolute Gasteiger partial charge is 0.119 e. The van der Waals surface area contributed by atoms with E-state index in [4.69, 9.17) is 9.94 Å². The van der Waals surface area contributed by atoms with Crippen LogP contribution >= 0.6 is 0 Å². The fraction of sp³-hybridized carbons (Fsp3) is 0.533. The summed E-state index contributed by atoms with van der Waals surface area (Å²) in [4.78, 5) is 3.96. The number of nitrogens with zero attached hydrogens (tertiary/aromatic N) is 1. The summed E-state index contributed by atoms with van der Waals surface area (Å²) in [6, 6.07) is 7.48. The van der Waals surface area contributed by atoms with Gasteiger partial charge in [0.15, 0.2) is 0 Å². The Hall–Kier alpha value is -1.55. The maximum Gasteiger partial charge on any atom is 0.119 e. The van der Waals surface area contributed by atoms with Crippen LogP contribution in [0.25, 0.3) is 0 Å². The van der Waals surface area contributed by atoms with E-state index in [-0.39, 0.29) is 0 Å². The van der Waals surface area contributed by atoms with Gasteiger partial charge in [-0.1, -0.05) is 39.0 Å². The van der Waals surface area contributed by atoms with E-state index < -0.39 is 0 Å². The van der Waals surface area contributed by atoms with Crippen LogP contribution in [0.2, 0.25) is 0 Å². The second-order valence-corrected chi connectivity index (χ2v) is 4.50. The number of unbranched alkanes of at least 4 members (excludes halogenated alkanes) is 5. The summed E-state index contributed by atoms with van der Waals surface area (Å²) >= 11 is 0. The number of benzene rings is 1. The summed E-state index contributed by atoms with van der Waals surface area (Å²) in [6.45, 7) is 3.00. The largest absolute Gasteiger partial charge is 0.494 e. The van der Waals surface area contributed by atoms with Crippen molar-refractivity contribution in [2.45, 2.75) is 45.4 Å². The summed E-state index contributed by atoms with van der Waals surface area (Å²) < 4.78 is 5.66. The average Bonchev–Trinajstić information content (AvgIpc) is 2.45. The molecule has 1 aromatic carbocycles. The van der Waals surface area contributed by atoms with Crippen molar-refractivity contribution in [3.05, 3.63) is 24.3 Å². The molecular weight excluding hydrogens is 240 g/mol. The maximum absolute atomic E-state index is 8.38. The summed E-state index contributed by atoms with van der Waals surface area (Å²) in [5, 5.41) is 8.38. The zero-order valence-corrected chi connectivity index (χ0v) is 11.6. The van der Waals surface area contributed by atoms with Crippen molar-refractivity contribution in [3.8, 4) is 5.75 Å². The fourth-order valence-electron chi connectivity index (χ4n) is 1.80. The zero-order chi connectivity index (χ0) is 13.8. The lowest BCUT2D eigenvalue weighted by atomic mass is 10.1. The average molecular weight is 264 g/mol. The van der Waals surface area contributed by atoms with Crippen LogP contribution in [-0.4, -0.2) is 18.2 Å². The quantitative estimate of drug-likeness (QED) is 0.290. The van der Waals surface area contributed by atoms with Crippen LogP contribution in [-0.2, 0) is 0 Å². The van der Waals surface area contributed by atoms with E-state index >= 15 is 0 Å². The van der Waals surface area contributed by atoms with Crippen LogP contribution in [0.15, 0.2) is 29.3 Å². The van der Waals surface area contributed by atoms with Crippen molar-refractivity contribution < 1.29 is 9.94 Å². The summed E-state index contributed by atoms with van der Waals surface area (Å²) in [5.41, 5.74) is 2.64. The lowest BCUT2D eigenvalue weighted by molar-refractivity contribution is 0.240. The molecule has 0 bridgehead atoms. The Morgan fingerprint density at radius 3 is 2.47 bits per heavy atom.